The minimum Gasteiger partial charge on any atom is -0.495 e. The number of nitrogens with one attached hydrogen (secondary N) is 1. The Labute approximate surface area is 114 Å². The molecule has 6 nitrogen and oxygen atoms in total. The number of amides is 1. The maximum atomic E-state index is 12.1. The standard InChI is InChI=1S/C12H15NO5S/c1-12(11(15)16)6-18-5-8(12)13-10(14)9-7(17-2)3-4-19-9/h3-4,8H,5-6H2,1-2H3,(H,13,14)(H,15,16). The normalized spacial score (nSPS) is 26.1. The predicted molar refractivity (Wildman–Crippen MR) is 68.7 cm³/mol. The van der Waals surface area contributed by atoms with Crippen molar-refractivity contribution in [1.29, 1.82) is 0 Å². The van der Waals surface area contributed by atoms with E-state index in [4.69, 9.17) is 9.47 Å². The first-order valence-electron chi connectivity index (χ1n) is 5.72. The number of carbonyl (C=O) groups excluding carboxylic acids is 1. The smallest absolute Gasteiger partial charge is 0.313 e. The molecule has 0 radical (unpaired) electrons. The molecule has 0 aromatic carbocycles. The van der Waals surface area contributed by atoms with Crippen molar-refractivity contribution in [2.75, 3.05) is 20.3 Å². The van der Waals surface area contributed by atoms with Crippen LogP contribution in [0.2, 0.25) is 0 Å². The number of carboxylic acids is 1. The molecular weight excluding hydrogens is 270 g/mol. The van der Waals surface area contributed by atoms with Gasteiger partial charge >= 0.3 is 5.97 Å². The molecule has 2 heterocycles. The number of hydrogen-bond acceptors (Lipinski definition) is 5. The lowest BCUT2D eigenvalue weighted by Crippen LogP contribution is -2.49. The Morgan fingerprint density at radius 3 is 3.00 bits per heavy atom. The van der Waals surface area contributed by atoms with E-state index in [1.54, 1.807) is 18.4 Å². The molecule has 2 rings (SSSR count). The average molecular weight is 285 g/mol. The van der Waals surface area contributed by atoms with E-state index in [-0.39, 0.29) is 19.1 Å². The third-order valence-electron chi connectivity index (χ3n) is 3.30. The zero-order chi connectivity index (χ0) is 14.0. The highest BCUT2D eigenvalue weighted by atomic mass is 32.1. The number of carboxylic acid groups (broad SMARTS) is 1. The summed E-state index contributed by atoms with van der Waals surface area (Å²) in [4.78, 5) is 23.8. The summed E-state index contributed by atoms with van der Waals surface area (Å²) in [6.45, 7) is 1.86. The summed E-state index contributed by atoms with van der Waals surface area (Å²) in [6, 6.07) is 1.14. The van der Waals surface area contributed by atoms with Crippen molar-refractivity contribution in [3.05, 3.63) is 16.3 Å². The highest BCUT2D eigenvalue weighted by Gasteiger charge is 2.47. The number of aliphatic carboxylic acids is 1. The fourth-order valence-corrected chi connectivity index (χ4v) is 2.69. The third kappa shape index (κ3) is 2.43. The molecule has 0 spiro atoms. The van der Waals surface area contributed by atoms with Crippen LogP contribution in [0.15, 0.2) is 11.4 Å². The van der Waals surface area contributed by atoms with Crippen molar-refractivity contribution in [2.24, 2.45) is 5.41 Å². The van der Waals surface area contributed by atoms with Gasteiger partial charge in [0.1, 0.15) is 16.0 Å². The summed E-state index contributed by atoms with van der Waals surface area (Å²) in [6.07, 6.45) is 0. The third-order valence-corrected chi connectivity index (χ3v) is 4.20. The van der Waals surface area contributed by atoms with Crippen LogP contribution in [0.4, 0.5) is 0 Å². The van der Waals surface area contributed by atoms with Crippen LogP contribution in [-0.2, 0) is 9.53 Å². The first-order valence-corrected chi connectivity index (χ1v) is 6.60. The predicted octanol–water partition coefficient (Wildman–Crippen LogP) is 0.976. The second-order valence-electron chi connectivity index (χ2n) is 4.58. The van der Waals surface area contributed by atoms with E-state index in [2.05, 4.69) is 5.32 Å². The molecule has 1 aliphatic rings. The first-order chi connectivity index (χ1) is 8.99. The van der Waals surface area contributed by atoms with Crippen molar-refractivity contribution >= 4 is 23.2 Å². The molecule has 1 aromatic rings. The summed E-state index contributed by atoms with van der Waals surface area (Å²) in [7, 11) is 1.48. The monoisotopic (exact) mass is 285 g/mol. The molecule has 0 bridgehead atoms. The zero-order valence-corrected chi connectivity index (χ0v) is 11.5. The molecule has 104 valence electrons. The van der Waals surface area contributed by atoms with E-state index >= 15 is 0 Å². The largest absolute Gasteiger partial charge is 0.495 e. The van der Waals surface area contributed by atoms with E-state index in [0.717, 1.165) is 0 Å². The fraction of sp³-hybridized carbons (Fsp3) is 0.500. The molecule has 2 atom stereocenters. The number of ether oxygens (including phenoxy) is 2. The summed E-state index contributed by atoms with van der Waals surface area (Å²) in [5.74, 6) is -0.832. The van der Waals surface area contributed by atoms with Gasteiger partial charge in [0.15, 0.2) is 0 Å². The van der Waals surface area contributed by atoms with Crippen LogP contribution in [0, 0.1) is 5.41 Å². The number of methoxy groups -OCH3 is 1. The lowest BCUT2D eigenvalue weighted by atomic mass is 9.85. The number of carbonyl (C=O) groups is 2. The SMILES string of the molecule is COc1ccsc1C(=O)NC1COCC1(C)C(=O)O. The van der Waals surface area contributed by atoms with Crippen LogP contribution in [0.3, 0.4) is 0 Å². The lowest BCUT2D eigenvalue weighted by Gasteiger charge is -2.25. The van der Waals surface area contributed by atoms with E-state index in [1.807, 2.05) is 0 Å². The van der Waals surface area contributed by atoms with Crippen molar-refractivity contribution < 1.29 is 24.2 Å². The van der Waals surface area contributed by atoms with Gasteiger partial charge in [-0.3, -0.25) is 9.59 Å². The topological polar surface area (TPSA) is 84.9 Å². The molecule has 0 aliphatic carbocycles. The number of thiophene rings is 1. The Balaban J connectivity index is 2.13. The molecule has 7 heteroatoms. The molecule has 2 unspecified atom stereocenters. The van der Waals surface area contributed by atoms with E-state index in [0.29, 0.717) is 10.6 Å². The van der Waals surface area contributed by atoms with Gasteiger partial charge in [-0.05, 0) is 18.4 Å². The molecule has 1 fully saturated rings. The van der Waals surface area contributed by atoms with Crippen molar-refractivity contribution in [3.8, 4) is 5.75 Å². The van der Waals surface area contributed by atoms with E-state index in [1.165, 1.54) is 18.4 Å². The summed E-state index contributed by atoms with van der Waals surface area (Å²) >= 11 is 1.25. The first kappa shape index (κ1) is 13.8. The molecule has 1 aliphatic heterocycles. The summed E-state index contributed by atoms with van der Waals surface area (Å²) in [5.41, 5.74) is -1.10. The maximum absolute atomic E-state index is 12.1. The Kier molecular flexibility index (Phi) is 3.77. The number of hydrogen-bond donors (Lipinski definition) is 2. The van der Waals surface area contributed by atoms with Gasteiger partial charge < -0.3 is 19.9 Å². The second kappa shape index (κ2) is 5.18. The Morgan fingerprint density at radius 2 is 2.37 bits per heavy atom. The van der Waals surface area contributed by atoms with Crippen LogP contribution < -0.4 is 10.1 Å². The van der Waals surface area contributed by atoms with Gasteiger partial charge in [0.2, 0.25) is 0 Å². The Bertz CT molecular complexity index is 500. The molecular formula is C12H15NO5S. The minimum atomic E-state index is -1.10. The van der Waals surface area contributed by atoms with Gasteiger partial charge in [0.25, 0.3) is 5.91 Å². The lowest BCUT2D eigenvalue weighted by molar-refractivity contribution is -0.148. The fourth-order valence-electron chi connectivity index (χ4n) is 1.93. The molecule has 2 N–H and O–H groups in total. The molecule has 1 amide bonds. The van der Waals surface area contributed by atoms with Crippen LogP contribution in [0.1, 0.15) is 16.6 Å². The van der Waals surface area contributed by atoms with Gasteiger partial charge in [-0.1, -0.05) is 0 Å². The van der Waals surface area contributed by atoms with Crippen LogP contribution in [0.25, 0.3) is 0 Å². The van der Waals surface area contributed by atoms with Gasteiger partial charge in [-0.2, -0.15) is 0 Å². The highest BCUT2D eigenvalue weighted by molar-refractivity contribution is 7.12. The quantitative estimate of drug-likeness (QED) is 0.861. The van der Waals surface area contributed by atoms with Crippen LogP contribution in [0.5, 0.6) is 5.75 Å². The van der Waals surface area contributed by atoms with Gasteiger partial charge in [0.05, 0.1) is 26.4 Å². The van der Waals surface area contributed by atoms with Crippen LogP contribution in [-0.4, -0.2) is 43.3 Å². The number of rotatable bonds is 4. The zero-order valence-electron chi connectivity index (χ0n) is 10.6. The average Bonchev–Trinajstić information content (AvgIpc) is 2.97. The van der Waals surface area contributed by atoms with Gasteiger partial charge in [-0.25, -0.2) is 0 Å². The maximum Gasteiger partial charge on any atom is 0.313 e. The van der Waals surface area contributed by atoms with Gasteiger partial charge in [-0.15, -0.1) is 11.3 Å². The van der Waals surface area contributed by atoms with Crippen molar-refractivity contribution in [1.82, 2.24) is 5.32 Å². The minimum absolute atomic E-state index is 0.0921. The van der Waals surface area contributed by atoms with E-state index in [9.17, 15) is 14.7 Å². The molecule has 1 aromatic heterocycles. The molecule has 1 saturated heterocycles. The Hall–Kier alpha value is -1.60. The van der Waals surface area contributed by atoms with Crippen molar-refractivity contribution in [2.45, 2.75) is 13.0 Å². The molecule has 19 heavy (non-hydrogen) atoms. The summed E-state index contributed by atoms with van der Waals surface area (Å²) < 4.78 is 10.3. The molecule has 0 saturated carbocycles. The van der Waals surface area contributed by atoms with Gasteiger partial charge in [0, 0.05) is 0 Å². The van der Waals surface area contributed by atoms with E-state index < -0.39 is 17.4 Å². The second-order valence-corrected chi connectivity index (χ2v) is 5.50. The summed E-state index contributed by atoms with van der Waals surface area (Å²) in [5, 5.41) is 13.7. The van der Waals surface area contributed by atoms with Crippen molar-refractivity contribution in [3.63, 3.8) is 0 Å². The van der Waals surface area contributed by atoms with Crippen LogP contribution >= 0.6 is 11.3 Å². The highest BCUT2D eigenvalue weighted by Crippen LogP contribution is 2.30. The Morgan fingerprint density at radius 1 is 1.63 bits per heavy atom.